The van der Waals surface area contributed by atoms with Crippen LogP contribution in [0.5, 0.6) is 0 Å². The highest BCUT2D eigenvalue weighted by atomic mass is 16.2. The van der Waals surface area contributed by atoms with E-state index in [1.165, 1.54) is 13.3 Å². The van der Waals surface area contributed by atoms with Gasteiger partial charge in [-0.05, 0) is 37.3 Å². The zero-order chi connectivity index (χ0) is 15.4. The summed E-state index contributed by atoms with van der Waals surface area (Å²) < 4.78 is 0. The number of piperidine rings is 1. The van der Waals surface area contributed by atoms with Crippen LogP contribution in [0.1, 0.15) is 37.6 Å². The first kappa shape index (κ1) is 15.7. The van der Waals surface area contributed by atoms with E-state index in [0.29, 0.717) is 29.6 Å². The molecule has 0 aliphatic carbocycles. The molecule has 1 amide bonds. The number of anilines is 1. The highest BCUT2D eigenvalue weighted by Gasteiger charge is 2.23. The fourth-order valence-electron chi connectivity index (χ4n) is 3.21. The Morgan fingerprint density at radius 2 is 1.81 bits per heavy atom. The zero-order valence-corrected chi connectivity index (χ0v) is 13.1. The van der Waals surface area contributed by atoms with Gasteiger partial charge in [-0.2, -0.15) is 0 Å². The summed E-state index contributed by atoms with van der Waals surface area (Å²) in [6.45, 7) is 8.29. The van der Waals surface area contributed by atoms with E-state index in [1.807, 2.05) is 6.07 Å². The van der Waals surface area contributed by atoms with E-state index in [2.05, 4.69) is 24.1 Å². The highest BCUT2D eigenvalue weighted by molar-refractivity contribution is 6.04. The number of likely N-dealkylation sites (tertiary alicyclic amines) is 1. The van der Waals surface area contributed by atoms with Crippen molar-refractivity contribution in [2.24, 2.45) is 11.8 Å². The third-order valence-corrected chi connectivity index (χ3v) is 3.89. The van der Waals surface area contributed by atoms with Crippen LogP contribution in [-0.2, 0) is 4.79 Å². The van der Waals surface area contributed by atoms with Crippen LogP contribution in [0.25, 0.3) is 0 Å². The van der Waals surface area contributed by atoms with Crippen molar-refractivity contribution >= 4 is 17.4 Å². The standard InChI is InChI=1S/C17H24N2O2/c1-12-8-13(2)10-19(9-12)11-17(21)18-16-7-5-4-6-15(16)14(3)20/h4-7,12-13H,8-11H2,1-3H3,(H,18,21)/t12-,13-/m1/s1. The van der Waals surface area contributed by atoms with Crippen LogP contribution in [-0.4, -0.2) is 36.2 Å². The van der Waals surface area contributed by atoms with Crippen molar-refractivity contribution in [3.05, 3.63) is 29.8 Å². The van der Waals surface area contributed by atoms with Gasteiger partial charge >= 0.3 is 0 Å². The topological polar surface area (TPSA) is 49.4 Å². The second-order valence-electron chi connectivity index (χ2n) is 6.29. The first-order valence-corrected chi connectivity index (χ1v) is 7.58. The fourth-order valence-corrected chi connectivity index (χ4v) is 3.21. The molecule has 21 heavy (non-hydrogen) atoms. The average Bonchev–Trinajstić information content (AvgIpc) is 2.37. The molecule has 1 aromatic rings. The first-order valence-electron chi connectivity index (χ1n) is 7.58. The molecule has 0 bridgehead atoms. The number of nitrogens with zero attached hydrogens (tertiary/aromatic N) is 1. The van der Waals surface area contributed by atoms with Gasteiger partial charge in [0.2, 0.25) is 5.91 Å². The van der Waals surface area contributed by atoms with E-state index in [0.717, 1.165) is 13.1 Å². The Labute approximate surface area is 126 Å². The average molecular weight is 288 g/mol. The maximum atomic E-state index is 12.2. The number of Topliss-reactive ketones (excluding diaryl/α,β-unsaturated/α-hetero) is 1. The SMILES string of the molecule is CC(=O)c1ccccc1NC(=O)CN1C[C@H](C)C[C@@H](C)C1. The van der Waals surface area contributed by atoms with E-state index >= 15 is 0 Å². The van der Waals surface area contributed by atoms with Crippen molar-refractivity contribution in [1.29, 1.82) is 0 Å². The summed E-state index contributed by atoms with van der Waals surface area (Å²) in [7, 11) is 0. The summed E-state index contributed by atoms with van der Waals surface area (Å²) in [6, 6.07) is 7.15. The minimum absolute atomic E-state index is 0.0360. The molecule has 0 unspecified atom stereocenters. The second kappa shape index (κ2) is 6.85. The van der Waals surface area contributed by atoms with Crippen molar-refractivity contribution < 1.29 is 9.59 Å². The van der Waals surface area contributed by atoms with E-state index < -0.39 is 0 Å². The number of carbonyl (C=O) groups is 2. The predicted octanol–water partition coefficient (Wildman–Crippen LogP) is 2.81. The van der Waals surface area contributed by atoms with Crippen molar-refractivity contribution in [2.45, 2.75) is 27.2 Å². The number of hydrogen-bond donors (Lipinski definition) is 1. The molecule has 1 N–H and O–H groups in total. The lowest BCUT2D eigenvalue weighted by molar-refractivity contribution is -0.117. The predicted molar refractivity (Wildman–Crippen MR) is 84.5 cm³/mol. The van der Waals surface area contributed by atoms with Crippen LogP contribution in [0.3, 0.4) is 0 Å². The molecule has 0 aromatic heterocycles. The first-order chi connectivity index (χ1) is 9.95. The lowest BCUT2D eigenvalue weighted by atomic mass is 9.92. The Hall–Kier alpha value is -1.68. The van der Waals surface area contributed by atoms with Gasteiger partial charge in [0.1, 0.15) is 0 Å². The van der Waals surface area contributed by atoms with Crippen molar-refractivity contribution in [1.82, 2.24) is 4.90 Å². The van der Waals surface area contributed by atoms with E-state index in [1.54, 1.807) is 18.2 Å². The molecule has 2 atom stereocenters. The molecule has 0 radical (unpaired) electrons. The molecule has 1 saturated heterocycles. The van der Waals surface area contributed by atoms with Gasteiger partial charge in [0, 0.05) is 18.7 Å². The summed E-state index contributed by atoms with van der Waals surface area (Å²) in [5, 5.41) is 2.87. The summed E-state index contributed by atoms with van der Waals surface area (Å²) in [4.78, 5) is 26.0. The third kappa shape index (κ3) is 4.39. The van der Waals surface area contributed by atoms with Crippen LogP contribution in [0, 0.1) is 11.8 Å². The molecule has 1 aromatic carbocycles. The van der Waals surface area contributed by atoms with Crippen LogP contribution in [0.2, 0.25) is 0 Å². The molecule has 1 aliphatic rings. The molecule has 114 valence electrons. The number of hydrogen-bond acceptors (Lipinski definition) is 3. The number of benzene rings is 1. The summed E-state index contributed by atoms with van der Waals surface area (Å²) >= 11 is 0. The van der Waals surface area contributed by atoms with Gasteiger partial charge in [-0.3, -0.25) is 14.5 Å². The Morgan fingerprint density at radius 1 is 1.19 bits per heavy atom. The van der Waals surface area contributed by atoms with Gasteiger partial charge in [-0.1, -0.05) is 26.0 Å². The number of amides is 1. The highest BCUT2D eigenvalue weighted by Crippen LogP contribution is 2.21. The summed E-state index contributed by atoms with van der Waals surface area (Å²) in [6.07, 6.45) is 1.23. The largest absolute Gasteiger partial charge is 0.324 e. The Balaban J connectivity index is 1.97. The molecule has 1 heterocycles. The quantitative estimate of drug-likeness (QED) is 0.867. The third-order valence-electron chi connectivity index (χ3n) is 3.89. The number of ketones is 1. The van der Waals surface area contributed by atoms with E-state index in [9.17, 15) is 9.59 Å². The van der Waals surface area contributed by atoms with Crippen LogP contribution < -0.4 is 5.32 Å². The maximum absolute atomic E-state index is 12.2. The van der Waals surface area contributed by atoms with Gasteiger partial charge in [-0.15, -0.1) is 0 Å². The zero-order valence-electron chi connectivity index (χ0n) is 13.1. The smallest absolute Gasteiger partial charge is 0.238 e. The van der Waals surface area contributed by atoms with E-state index in [4.69, 9.17) is 0 Å². The molecule has 0 spiro atoms. The molecule has 2 rings (SSSR count). The summed E-state index contributed by atoms with van der Waals surface area (Å²) in [5.41, 5.74) is 1.17. The number of nitrogens with one attached hydrogen (secondary N) is 1. The Morgan fingerprint density at radius 3 is 2.43 bits per heavy atom. The number of rotatable bonds is 4. The normalized spacial score (nSPS) is 22.8. The molecule has 1 fully saturated rings. The molecular formula is C17H24N2O2. The minimum atomic E-state index is -0.0509. The lowest BCUT2D eigenvalue weighted by Gasteiger charge is -2.34. The van der Waals surface area contributed by atoms with Crippen molar-refractivity contribution in [3.8, 4) is 0 Å². The van der Waals surface area contributed by atoms with Gasteiger partial charge in [-0.25, -0.2) is 0 Å². The second-order valence-corrected chi connectivity index (χ2v) is 6.29. The lowest BCUT2D eigenvalue weighted by Crippen LogP contribution is -2.42. The fraction of sp³-hybridized carbons (Fsp3) is 0.529. The van der Waals surface area contributed by atoms with Crippen molar-refractivity contribution in [2.75, 3.05) is 25.0 Å². The molecule has 4 nitrogen and oxygen atoms in total. The molecular weight excluding hydrogens is 264 g/mol. The van der Waals surface area contributed by atoms with Gasteiger partial charge in [0.25, 0.3) is 0 Å². The number of carbonyl (C=O) groups excluding carboxylic acids is 2. The maximum Gasteiger partial charge on any atom is 0.238 e. The minimum Gasteiger partial charge on any atom is -0.324 e. The molecule has 0 saturated carbocycles. The molecule has 4 heteroatoms. The van der Waals surface area contributed by atoms with Crippen LogP contribution in [0.4, 0.5) is 5.69 Å². The Kier molecular flexibility index (Phi) is 5.12. The van der Waals surface area contributed by atoms with Crippen LogP contribution >= 0.6 is 0 Å². The van der Waals surface area contributed by atoms with Crippen molar-refractivity contribution in [3.63, 3.8) is 0 Å². The van der Waals surface area contributed by atoms with E-state index in [-0.39, 0.29) is 11.7 Å². The number of para-hydroxylation sites is 1. The van der Waals surface area contributed by atoms with Gasteiger partial charge in [0.15, 0.2) is 5.78 Å². The monoisotopic (exact) mass is 288 g/mol. The van der Waals surface area contributed by atoms with Gasteiger partial charge < -0.3 is 5.32 Å². The van der Waals surface area contributed by atoms with Gasteiger partial charge in [0.05, 0.1) is 12.2 Å². The summed E-state index contributed by atoms with van der Waals surface area (Å²) in [5.74, 6) is 1.17. The Bertz CT molecular complexity index is 517. The molecule has 1 aliphatic heterocycles. The van der Waals surface area contributed by atoms with Crippen LogP contribution in [0.15, 0.2) is 24.3 Å².